The molecular formula is C25H23Cl2N6O3. The Morgan fingerprint density at radius 1 is 1.25 bits per heavy atom. The number of carbonyl (C=O) groups excluding carboxylic acids is 1. The van der Waals surface area contributed by atoms with Crippen molar-refractivity contribution in [3.05, 3.63) is 82.1 Å². The highest BCUT2D eigenvalue weighted by Crippen LogP contribution is 2.40. The number of amides is 1. The number of nitrogens with zero attached hydrogens (tertiary/aromatic N) is 5. The van der Waals surface area contributed by atoms with E-state index in [1.807, 2.05) is 19.9 Å². The van der Waals surface area contributed by atoms with Gasteiger partial charge in [-0.05, 0) is 23.8 Å². The Morgan fingerprint density at radius 3 is 2.78 bits per heavy atom. The number of aryl methyl sites for hydroxylation is 1. The lowest BCUT2D eigenvalue weighted by molar-refractivity contribution is 0.0107. The van der Waals surface area contributed by atoms with Crippen LogP contribution in [0.4, 0.5) is 11.8 Å². The summed E-state index contributed by atoms with van der Waals surface area (Å²) in [5.74, 6) is 1.47. The molecule has 11 heteroatoms. The van der Waals surface area contributed by atoms with Crippen molar-refractivity contribution >= 4 is 40.9 Å². The molecular weight excluding hydrogens is 503 g/mol. The van der Waals surface area contributed by atoms with Gasteiger partial charge in [-0.1, -0.05) is 49.2 Å². The molecule has 1 amide bonds. The van der Waals surface area contributed by atoms with Crippen LogP contribution in [0.15, 0.2) is 53.2 Å². The normalized spacial score (nSPS) is 15.6. The van der Waals surface area contributed by atoms with E-state index in [4.69, 9.17) is 27.6 Å². The minimum Gasteiger partial charge on any atom is -0.458 e. The number of furan rings is 1. The van der Waals surface area contributed by atoms with Crippen molar-refractivity contribution in [3.63, 3.8) is 0 Å². The van der Waals surface area contributed by atoms with Gasteiger partial charge in [0, 0.05) is 36.5 Å². The summed E-state index contributed by atoms with van der Waals surface area (Å²) in [7, 11) is 1.79. The molecule has 0 saturated heterocycles. The summed E-state index contributed by atoms with van der Waals surface area (Å²) in [6, 6.07) is 10.5. The van der Waals surface area contributed by atoms with Gasteiger partial charge >= 0.3 is 0 Å². The summed E-state index contributed by atoms with van der Waals surface area (Å²) in [6.07, 6.45) is 3.55. The van der Waals surface area contributed by atoms with Crippen LogP contribution in [0.1, 0.15) is 35.5 Å². The van der Waals surface area contributed by atoms with Gasteiger partial charge in [-0.25, -0.2) is 9.97 Å². The molecule has 1 aromatic carbocycles. The highest BCUT2D eigenvalue weighted by molar-refractivity contribution is 6.32. The largest absolute Gasteiger partial charge is 0.458 e. The number of aliphatic hydroxyl groups is 1. The number of hydrogen-bond acceptors (Lipinski definition) is 7. The molecule has 1 radical (unpaired) electrons. The van der Waals surface area contributed by atoms with Gasteiger partial charge in [0.2, 0.25) is 5.95 Å². The molecule has 0 aliphatic carbocycles. The van der Waals surface area contributed by atoms with Gasteiger partial charge in [0.25, 0.3) is 5.91 Å². The number of hydrogen-bond donors (Lipinski definition) is 2. The van der Waals surface area contributed by atoms with Crippen molar-refractivity contribution in [1.82, 2.24) is 24.6 Å². The van der Waals surface area contributed by atoms with Crippen molar-refractivity contribution in [1.29, 1.82) is 0 Å². The Labute approximate surface area is 217 Å². The first-order valence-corrected chi connectivity index (χ1v) is 11.9. The Bertz CT molecular complexity index is 1450. The quantitative estimate of drug-likeness (QED) is 0.371. The lowest BCUT2D eigenvalue weighted by atomic mass is 9.83. The van der Waals surface area contributed by atoms with Crippen LogP contribution < -0.4 is 5.32 Å². The maximum Gasteiger partial charge on any atom is 0.259 e. The number of rotatable bonds is 6. The molecule has 1 aliphatic heterocycles. The first-order chi connectivity index (χ1) is 17.1. The maximum atomic E-state index is 13.4. The summed E-state index contributed by atoms with van der Waals surface area (Å²) < 4.78 is 7.80. The minimum atomic E-state index is -1.15. The highest BCUT2D eigenvalue weighted by Gasteiger charge is 2.43. The number of benzene rings is 1. The zero-order valence-electron chi connectivity index (χ0n) is 19.7. The zero-order chi connectivity index (χ0) is 25.6. The molecule has 0 unspecified atom stereocenters. The van der Waals surface area contributed by atoms with Crippen LogP contribution in [0.3, 0.4) is 0 Å². The van der Waals surface area contributed by atoms with Crippen molar-refractivity contribution in [2.45, 2.75) is 25.5 Å². The molecule has 9 nitrogen and oxygen atoms in total. The van der Waals surface area contributed by atoms with E-state index in [0.717, 1.165) is 0 Å². The molecule has 1 aliphatic rings. The number of aromatic nitrogens is 4. The monoisotopic (exact) mass is 525 g/mol. The third kappa shape index (κ3) is 4.57. The van der Waals surface area contributed by atoms with E-state index in [9.17, 15) is 9.90 Å². The van der Waals surface area contributed by atoms with E-state index in [1.54, 1.807) is 54.7 Å². The summed E-state index contributed by atoms with van der Waals surface area (Å²) in [5.41, 5.74) is 0.808. The van der Waals surface area contributed by atoms with E-state index in [0.29, 0.717) is 45.1 Å². The molecule has 0 fully saturated rings. The van der Waals surface area contributed by atoms with Crippen LogP contribution in [0.5, 0.6) is 0 Å². The maximum absolute atomic E-state index is 13.4. The Balaban J connectivity index is 1.45. The van der Waals surface area contributed by atoms with Gasteiger partial charge in [-0.3, -0.25) is 9.48 Å². The molecule has 0 saturated carbocycles. The fraction of sp³-hybridized carbons (Fsp3) is 0.240. The van der Waals surface area contributed by atoms with Crippen LogP contribution in [-0.2, 0) is 12.5 Å². The molecule has 0 bridgehead atoms. The second-order valence-corrected chi connectivity index (χ2v) is 10.0. The predicted molar refractivity (Wildman–Crippen MR) is 136 cm³/mol. The van der Waals surface area contributed by atoms with Crippen LogP contribution in [0.2, 0.25) is 10.0 Å². The second-order valence-electron chi connectivity index (χ2n) is 9.16. The Hall–Kier alpha value is -3.40. The van der Waals surface area contributed by atoms with Crippen LogP contribution in [0.25, 0.3) is 11.5 Å². The summed E-state index contributed by atoms with van der Waals surface area (Å²) >= 11 is 12.5. The molecule has 3 aromatic heterocycles. The van der Waals surface area contributed by atoms with E-state index in [-0.39, 0.29) is 17.5 Å². The predicted octanol–water partition coefficient (Wildman–Crippen LogP) is 4.82. The summed E-state index contributed by atoms with van der Waals surface area (Å²) in [4.78, 5) is 23.6. The first-order valence-electron chi connectivity index (χ1n) is 11.1. The number of anilines is 2. The molecule has 4 heterocycles. The van der Waals surface area contributed by atoms with E-state index in [2.05, 4.69) is 20.4 Å². The minimum absolute atomic E-state index is 0.245. The molecule has 2 N–H and O–H groups in total. The second kappa shape index (κ2) is 9.24. The van der Waals surface area contributed by atoms with Gasteiger partial charge in [-0.2, -0.15) is 5.10 Å². The molecule has 36 heavy (non-hydrogen) atoms. The van der Waals surface area contributed by atoms with Crippen LogP contribution in [0, 0.1) is 6.42 Å². The van der Waals surface area contributed by atoms with Gasteiger partial charge in [0.15, 0.2) is 5.76 Å². The fourth-order valence-corrected chi connectivity index (χ4v) is 4.57. The number of nitrogens with one attached hydrogen (secondary N) is 1. The molecule has 4 aromatic rings. The molecule has 1 atom stereocenters. The van der Waals surface area contributed by atoms with Crippen molar-refractivity contribution < 1.29 is 14.3 Å². The van der Waals surface area contributed by atoms with Gasteiger partial charge in [0.1, 0.15) is 23.5 Å². The Morgan fingerprint density at radius 2 is 2.06 bits per heavy atom. The number of halogens is 2. The van der Waals surface area contributed by atoms with Crippen LogP contribution in [-0.4, -0.2) is 48.4 Å². The topological polar surface area (TPSA) is 109 Å². The fourth-order valence-electron chi connectivity index (χ4n) is 4.19. The van der Waals surface area contributed by atoms with Crippen LogP contribution >= 0.6 is 23.2 Å². The lowest BCUT2D eigenvalue weighted by Crippen LogP contribution is -2.51. The summed E-state index contributed by atoms with van der Waals surface area (Å²) in [6.45, 7) is 4.14. The highest BCUT2D eigenvalue weighted by atomic mass is 35.5. The van der Waals surface area contributed by atoms with Crippen molar-refractivity contribution in [2.75, 3.05) is 11.9 Å². The number of aliphatic hydroxyl groups excluding tert-OH is 1. The number of fused-ring (bicyclic) bond motifs is 1. The van der Waals surface area contributed by atoms with E-state index < -0.39 is 11.6 Å². The van der Waals surface area contributed by atoms with Gasteiger partial charge in [0.05, 0.1) is 23.0 Å². The van der Waals surface area contributed by atoms with Crippen molar-refractivity contribution in [3.8, 4) is 11.5 Å². The standard InChI is InChI=1S/C25H23Cl2N6O3/c1-25(2)13-33(20(34)10-14-5-4-6-15(26)9-14)23(35)16-11-18(36-22(16)25)21-17(27)12-28-24(31-21)30-19-7-8-29-32(19)3/h4-12,20,34H,13H2,1-3H3,(H,28,30,31)/t20-/m0/s1. The molecule has 185 valence electrons. The van der Waals surface area contributed by atoms with E-state index >= 15 is 0 Å². The molecule has 5 rings (SSSR count). The first kappa shape index (κ1) is 24.3. The smallest absolute Gasteiger partial charge is 0.259 e. The Kier molecular flexibility index (Phi) is 6.23. The third-order valence-corrected chi connectivity index (χ3v) is 6.46. The molecule has 0 spiro atoms. The summed E-state index contributed by atoms with van der Waals surface area (Å²) in [5, 5.41) is 18.9. The lowest BCUT2D eigenvalue weighted by Gasteiger charge is -2.39. The SMILES string of the molecule is Cn1nccc1Nc1ncc(Cl)c(-c2cc3c(o2)C(C)(C)CN([C@@H](O)[CH]c2cccc(Cl)c2)C3=O)n1. The van der Waals surface area contributed by atoms with E-state index in [1.165, 1.54) is 11.1 Å². The average molecular weight is 526 g/mol. The third-order valence-electron chi connectivity index (χ3n) is 5.95. The van der Waals surface area contributed by atoms with Crippen molar-refractivity contribution in [2.24, 2.45) is 7.05 Å². The number of carbonyl (C=O) groups is 1. The average Bonchev–Trinajstić information content (AvgIpc) is 3.45. The zero-order valence-corrected chi connectivity index (χ0v) is 21.2. The van der Waals surface area contributed by atoms with Gasteiger partial charge < -0.3 is 19.7 Å². The van der Waals surface area contributed by atoms with Gasteiger partial charge in [-0.15, -0.1) is 0 Å².